The van der Waals surface area contributed by atoms with Crippen molar-refractivity contribution in [1.82, 2.24) is 0 Å². The third-order valence-electron chi connectivity index (χ3n) is 5.34. The standard InChI is InChI=1S/C18H17NO/c19-11-17(9-4-10-17)18(12-20-13-18)16-8-3-6-14-5-1-2-7-15(14)16/h1-3,5-8H,4,9-10,12-13H2. The molecule has 2 nitrogen and oxygen atoms in total. The highest BCUT2D eigenvalue weighted by molar-refractivity contribution is 5.87. The van der Waals surface area contributed by atoms with Crippen molar-refractivity contribution in [1.29, 1.82) is 5.26 Å². The number of benzene rings is 2. The lowest BCUT2D eigenvalue weighted by molar-refractivity contribution is -0.134. The third kappa shape index (κ3) is 1.31. The SMILES string of the molecule is N#CC1(C2(c3cccc4ccccc34)COC2)CCC1. The summed E-state index contributed by atoms with van der Waals surface area (Å²) >= 11 is 0. The van der Waals surface area contributed by atoms with Crippen molar-refractivity contribution in [3.63, 3.8) is 0 Å². The van der Waals surface area contributed by atoms with Crippen LogP contribution in [0, 0.1) is 16.7 Å². The van der Waals surface area contributed by atoms with Gasteiger partial charge in [-0.05, 0) is 29.2 Å². The Morgan fingerprint density at radius 2 is 1.75 bits per heavy atom. The van der Waals surface area contributed by atoms with Crippen molar-refractivity contribution in [2.24, 2.45) is 5.41 Å². The second kappa shape index (κ2) is 4.07. The molecule has 0 bridgehead atoms. The first-order chi connectivity index (χ1) is 9.81. The summed E-state index contributed by atoms with van der Waals surface area (Å²) in [6.07, 6.45) is 3.19. The second-order valence-corrected chi connectivity index (χ2v) is 6.15. The summed E-state index contributed by atoms with van der Waals surface area (Å²) in [5, 5.41) is 12.3. The molecule has 4 rings (SSSR count). The van der Waals surface area contributed by atoms with E-state index in [0.717, 1.165) is 12.8 Å². The molecule has 20 heavy (non-hydrogen) atoms. The Balaban J connectivity index is 1.95. The van der Waals surface area contributed by atoms with Crippen LogP contribution in [0.3, 0.4) is 0 Å². The van der Waals surface area contributed by atoms with Gasteiger partial charge in [-0.2, -0.15) is 5.26 Å². The minimum Gasteiger partial charge on any atom is -0.379 e. The summed E-state index contributed by atoms with van der Waals surface area (Å²) in [7, 11) is 0. The van der Waals surface area contributed by atoms with E-state index in [1.807, 2.05) is 0 Å². The van der Waals surface area contributed by atoms with Gasteiger partial charge in [-0.3, -0.25) is 0 Å². The van der Waals surface area contributed by atoms with E-state index in [1.165, 1.54) is 22.8 Å². The average molecular weight is 263 g/mol. The summed E-state index contributed by atoms with van der Waals surface area (Å²) in [6.45, 7) is 1.38. The van der Waals surface area contributed by atoms with Crippen LogP contribution in [-0.2, 0) is 10.2 Å². The van der Waals surface area contributed by atoms with Gasteiger partial charge in [-0.25, -0.2) is 0 Å². The van der Waals surface area contributed by atoms with Crippen LogP contribution in [-0.4, -0.2) is 13.2 Å². The number of hydrogen-bond acceptors (Lipinski definition) is 2. The molecule has 2 aliphatic rings. The highest BCUT2D eigenvalue weighted by atomic mass is 16.5. The smallest absolute Gasteiger partial charge is 0.0715 e. The molecule has 0 unspecified atom stereocenters. The number of ether oxygens (including phenoxy) is 1. The summed E-state index contributed by atoms with van der Waals surface area (Å²) < 4.78 is 5.57. The molecule has 1 aliphatic heterocycles. The van der Waals surface area contributed by atoms with Gasteiger partial charge in [-0.1, -0.05) is 48.9 Å². The van der Waals surface area contributed by atoms with Crippen molar-refractivity contribution in [3.05, 3.63) is 48.0 Å². The van der Waals surface area contributed by atoms with E-state index in [4.69, 9.17) is 4.74 Å². The van der Waals surface area contributed by atoms with Crippen LogP contribution in [0.4, 0.5) is 0 Å². The Labute approximate surface area is 119 Å². The van der Waals surface area contributed by atoms with E-state index in [-0.39, 0.29) is 10.8 Å². The lowest BCUT2D eigenvalue weighted by atomic mass is 9.50. The van der Waals surface area contributed by atoms with Gasteiger partial charge in [0.1, 0.15) is 0 Å². The fourth-order valence-electron chi connectivity index (χ4n) is 3.87. The van der Waals surface area contributed by atoms with E-state index >= 15 is 0 Å². The van der Waals surface area contributed by atoms with Crippen molar-refractivity contribution in [2.45, 2.75) is 24.7 Å². The number of fused-ring (bicyclic) bond motifs is 1. The predicted octanol–water partition coefficient (Wildman–Crippen LogP) is 3.80. The van der Waals surface area contributed by atoms with Crippen molar-refractivity contribution >= 4 is 10.8 Å². The van der Waals surface area contributed by atoms with Crippen molar-refractivity contribution in [2.75, 3.05) is 13.2 Å². The first-order valence-electron chi connectivity index (χ1n) is 7.29. The second-order valence-electron chi connectivity index (χ2n) is 6.15. The number of nitriles is 1. The van der Waals surface area contributed by atoms with Crippen LogP contribution in [0.2, 0.25) is 0 Å². The Kier molecular flexibility index (Phi) is 2.43. The van der Waals surface area contributed by atoms with Crippen LogP contribution in [0.5, 0.6) is 0 Å². The molecule has 0 spiro atoms. The molecule has 2 aromatic rings. The molecule has 100 valence electrons. The Hall–Kier alpha value is -1.85. The lowest BCUT2D eigenvalue weighted by Gasteiger charge is -2.56. The quantitative estimate of drug-likeness (QED) is 0.825. The zero-order valence-corrected chi connectivity index (χ0v) is 11.4. The highest BCUT2D eigenvalue weighted by Gasteiger charge is 2.60. The number of hydrogen-bond donors (Lipinski definition) is 0. The molecule has 1 saturated carbocycles. The molecule has 1 saturated heterocycles. The number of rotatable bonds is 2. The molecule has 0 amide bonds. The Morgan fingerprint density at radius 3 is 2.35 bits per heavy atom. The summed E-state index contributed by atoms with van der Waals surface area (Å²) in [4.78, 5) is 0. The number of nitrogens with zero attached hydrogens (tertiary/aromatic N) is 1. The summed E-state index contributed by atoms with van der Waals surface area (Å²) in [5.74, 6) is 0. The van der Waals surface area contributed by atoms with Crippen molar-refractivity contribution < 1.29 is 4.74 Å². The maximum Gasteiger partial charge on any atom is 0.0715 e. The van der Waals surface area contributed by atoms with Gasteiger partial charge in [-0.15, -0.1) is 0 Å². The minimum absolute atomic E-state index is 0.0964. The van der Waals surface area contributed by atoms with E-state index in [1.54, 1.807) is 0 Å². The maximum absolute atomic E-state index is 9.76. The summed E-state index contributed by atoms with van der Waals surface area (Å²) in [6, 6.07) is 17.6. The predicted molar refractivity (Wildman–Crippen MR) is 78.3 cm³/mol. The summed E-state index contributed by atoms with van der Waals surface area (Å²) in [5.41, 5.74) is 0.999. The topological polar surface area (TPSA) is 33.0 Å². The molecule has 0 atom stereocenters. The fraction of sp³-hybridized carbons (Fsp3) is 0.389. The molecule has 0 radical (unpaired) electrons. The molecule has 1 heterocycles. The van der Waals surface area contributed by atoms with E-state index < -0.39 is 0 Å². The van der Waals surface area contributed by atoms with Gasteiger partial charge in [0.05, 0.1) is 30.1 Å². The molecule has 0 N–H and O–H groups in total. The average Bonchev–Trinajstić information content (AvgIpc) is 2.40. The minimum atomic E-state index is -0.213. The van der Waals surface area contributed by atoms with Crippen LogP contribution in [0.15, 0.2) is 42.5 Å². The zero-order valence-electron chi connectivity index (χ0n) is 11.4. The van der Waals surface area contributed by atoms with Crippen LogP contribution < -0.4 is 0 Å². The van der Waals surface area contributed by atoms with E-state index in [9.17, 15) is 5.26 Å². The van der Waals surface area contributed by atoms with Gasteiger partial charge in [0.15, 0.2) is 0 Å². The fourth-order valence-corrected chi connectivity index (χ4v) is 3.87. The van der Waals surface area contributed by atoms with Crippen molar-refractivity contribution in [3.8, 4) is 6.07 Å². The molecule has 2 fully saturated rings. The first-order valence-corrected chi connectivity index (χ1v) is 7.29. The van der Waals surface area contributed by atoms with Gasteiger partial charge in [0.2, 0.25) is 0 Å². The van der Waals surface area contributed by atoms with E-state index in [0.29, 0.717) is 13.2 Å². The maximum atomic E-state index is 9.76. The molecular weight excluding hydrogens is 246 g/mol. The van der Waals surface area contributed by atoms with Gasteiger partial charge >= 0.3 is 0 Å². The lowest BCUT2D eigenvalue weighted by Crippen LogP contribution is -2.61. The van der Waals surface area contributed by atoms with Crippen LogP contribution in [0.1, 0.15) is 24.8 Å². The van der Waals surface area contributed by atoms with Crippen LogP contribution >= 0.6 is 0 Å². The Morgan fingerprint density at radius 1 is 1.00 bits per heavy atom. The molecule has 2 aromatic carbocycles. The monoisotopic (exact) mass is 263 g/mol. The van der Waals surface area contributed by atoms with Gasteiger partial charge < -0.3 is 4.74 Å². The molecule has 2 heteroatoms. The molecule has 1 aliphatic carbocycles. The van der Waals surface area contributed by atoms with Crippen LogP contribution in [0.25, 0.3) is 10.8 Å². The normalized spacial score (nSPS) is 22.6. The Bertz CT molecular complexity index is 699. The third-order valence-corrected chi connectivity index (χ3v) is 5.34. The van der Waals surface area contributed by atoms with Gasteiger partial charge in [0.25, 0.3) is 0 Å². The zero-order chi connectivity index (χ0) is 13.6. The highest BCUT2D eigenvalue weighted by Crippen LogP contribution is 2.58. The molecular formula is C18H17NO. The van der Waals surface area contributed by atoms with E-state index in [2.05, 4.69) is 48.5 Å². The van der Waals surface area contributed by atoms with Gasteiger partial charge in [0, 0.05) is 0 Å². The first kappa shape index (κ1) is 11.9. The molecule has 0 aromatic heterocycles. The largest absolute Gasteiger partial charge is 0.379 e.